The van der Waals surface area contributed by atoms with Crippen molar-refractivity contribution in [3.05, 3.63) is 24.5 Å². The molecule has 0 amide bonds. The van der Waals surface area contributed by atoms with Crippen molar-refractivity contribution >= 4 is 16.8 Å². The van der Waals surface area contributed by atoms with Gasteiger partial charge in [0.1, 0.15) is 6.54 Å². The molecule has 2 aromatic heterocycles. The SMILES string of the molecule is C[C@H]1CC[C@@H]2C3CC[C@@]4(C)C(CC[C@@H]4C(=O)Cn4ncc5cccnc54)[C@@H]3CC[C@@H]2C1. The molecule has 0 N–H and O–H groups in total. The van der Waals surface area contributed by atoms with Gasteiger partial charge in [-0.3, -0.25) is 4.79 Å². The Kier molecular flexibility index (Phi) is 4.77. The molecule has 4 heteroatoms. The molecule has 0 radical (unpaired) electrons. The Morgan fingerprint density at radius 1 is 1.10 bits per heavy atom. The smallest absolute Gasteiger partial charge is 0.158 e. The van der Waals surface area contributed by atoms with Crippen LogP contribution >= 0.6 is 0 Å². The number of aromatic nitrogens is 3. The second-order valence-electron chi connectivity index (χ2n) is 11.7. The highest BCUT2D eigenvalue weighted by molar-refractivity contribution is 5.84. The highest BCUT2D eigenvalue weighted by Gasteiger charge is 2.58. The zero-order valence-corrected chi connectivity index (χ0v) is 19.2. The number of fused-ring (bicyclic) bond motifs is 6. The normalized spacial score (nSPS) is 42.1. The Bertz CT molecular complexity index is 982. The Balaban J connectivity index is 1.20. The van der Waals surface area contributed by atoms with Gasteiger partial charge in [-0.2, -0.15) is 5.10 Å². The Morgan fingerprint density at radius 3 is 2.87 bits per heavy atom. The van der Waals surface area contributed by atoms with Crippen molar-refractivity contribution in [2.75, 3.05) is 0 Å². The molecular weight excluding hydrogens is 382 g/mol. The first-order valence-corrected chi connectivity index (χ1v) is 12.8. The van der Waals surface area contributed by atoms with Gasteiger partial charge in [-0.25, -0.2) is 9.67 Å². The lowest BCUT2D eigenvalue weighted by Gasteiger charge is -2.56. The van der Waals surface area contributed by atoms with Crippen molar-refractivity contribution in [1.29, 1.82) is 0 Å². The Labute approximate surface area is 186 Å². The lowest BCUT2D eigenvalue weighted by Crippen LogP contribution is -2.49. The molecule has 0 spiro atoms. The molecule has 0 bridgehead atoms. The van der Waals surface area contributed by atoms with Gasteiger partial charge in [0.15, 0.2) is 11.4 Å². The summed E-state index contributed by atoms with van der Waals surface area (Å²) in [5, 5.41) is 5.50. The van der Waals surface area contributed by atoms with Gasteiger partial charge in [0, 0.05) is 17.5 Å². The largest absolute Gasteiger partial charge is 0.297 e. The lowest BCUT2D eigenvalue weighted by atomic mass is 9.49. The van der Waals surface area contributed by atoms with Gasteiger partial charge in [0.2, 0.25) is 0 Å². The predicted octanol–water partition coefficient (Wildman–Crippen LogP) is 5.91. The van der Waals surface area contributed by atoms with Crippen molar-refractivity contribution in [2.24, 2.45) is 46.8 Å². The monoisotopic (exact) mass is 419 g/mol. The van der Waals surface area contributed by atoms with Crippen LogP contribution in [0.1, 0.15) is 71.6 Å². The number of hydrogen-bond acceptors (Lipinski definition) is 3. The molecule has 4 aliphatic rings. The molecule has 4 saturated carbocycles. The lowest BCUT2D eigenvalue weighted by molar-refractivity contribution is -0.131. The number of pyridine rings is 1. The Morgan fingerprint density at radius 2 is 1.97 bits per heavy atom. The summed E-state index contributed by atoms with van der Waals surface area (Å²) in [5.41, 5.74) is 1.03. The summed E-state index contributed by atoms with van der Waals surface area (Å²) in [6.45, 7) is 5.31. The van der Waals surface area contributed by atoms with E-state index >= 15 is 0 Å². The molecule has 2 aromatic rings. The Hall–Kier alpha value is -1.71. The van der Waals surface area contributed by atoms with Gasteiger partial charge >= 0.3 is 0 Å². The van der Waals surface area contributed by atoms with Crippen LogP contribution in [0.3, 0.4) is 0 Å². The van der Waals surface area contributed by atoms with Crippen LogP contribution in [-0.4, -0.2) is 20.5 Å². The number of hydrogen-bond donors (Lipinski definition) is 0. The minimum atomic E-state index is 0.198. The van der Waals surface area contributed by atoms with E-state index in [9.17, 15) is 4.79 Å². The van der Waals surface area contributed by atoms with E-state index in [4.69, 9.17) is 0 Å². The zero-order chi connectivity index (χ0) is 21.2. The van der Waals surface area contributed by atoms with E-state index in [1.54, 1.807) is 6.20 Å². The summed E-state index contributed by atoms with van der Waals surface area (Å²) in [6, 6.07) is 3.95. The third-order valence-corrected chi connectivity index (χ3v) is 10.3. The fourth-order valence-corrected chi connectivity index (χ4v) is 8.90. The molecule has 4 nitrogen and oxygen atoms in total. The average molecular weight is 420 g/mol. The quantitative estimate of drug-likeness (QED) is 0.622. The van der Waals surface area contributed by atoms with Crippen LogP contribution in [0.15, 0.2) is 24.5 Å². The summed E-state index contributed by atoms with van der Waals surface area (Å²) in [4.78, 5) is 18.0. The molecule has 0 aromatic carbocycles. The van der Waals surface area contributed by atoms with E-state index in [0.29, 0.717) is 12.3 Å². The third-order valence-electron chi connectivity index (χ3n) is 10.3. The van der Waals surface area contributed by atoms with Crippen LogP contribution in [0.2, 0.25) is 0 Å². The van der Waals surface area contributed by atoms with Crippen LogP contribution in [0.4, 0.5) is 0 Å². The fourth-order valence-electron chi connectivity index (χ4n) is 8.90. The van der Waals surface area contributed by atoms with Gasteiger partial charge in [0.25, 0.3) is 0 Å². The van der Waals surface area contributed by atoms with Crippen molar-refractivity contribution < 1.29 is 4.79 Å². The van der Waals surface area contributed by atoms with Gasteiger partial charge in [-0.05, 0) is 104 Å². The van der Waals surface area contributed by atoms with E-state index in [0.717, 1.165) is 53.0 Å². The van der Waals surface area contributed by atoms with Crippen LogP contribution in [0.25, 0.3) is 11.0 Å². The van der Waals surface area contributed by atoms with Gasteiger partial charge in [0.05, 0.1) is 6.20 Å². The number of nitrogens with zero attached hydrogens (tertiary/aromatic N) is 3. The minimum Gasteiger partial charge on any atom is -0.297 e. The molecule has 4 fully saturated rings. The molecule has 8 atom stereocenters. The van der Waals surface area contributed by atoms with Crippen molar-refractivity contribution in [2.45, 2.75) is 78.2 Å². The fraction of sp³-hybridized carbons (Fsp3) is 0.741. The number of carbonyl (C=O) groups excluding carboxylic acids is 1. The van der Waals surface area contributed by atoms with Crippen molar-refractivity contribution in [1.82, 2.24) is 14.8 Å². The van der Waals surface area contributed by atoms with Gasteiger partial charge < -0.3 is 0 Å². The van der Waals surface area contributed by atoms with Gasteiger partial charge in [-0.1, -0.05) is 20.3 Å². The summed E-state index contributed by atoms with van der Waals surface area (Å²) >= 11 is 0. The molecule has 0 aliphatic heterocycles. The van der Waals surface area contributed by atoms with Gasteiger partial charge in [-0.15, -0.1) is 0 Å². The van der Waals surface area contributed by atoms with Crippen LogP contribution < -0.4 is 0 Å². The molecule has 31 heavy (non-hydrogen) atoms. The van der Waals surface area contributed by atoms with E-state index < -0.39 is 0 Å². The second kappa shape index (κ2) is 7.42. The van der Waals surface area contributed by atoms with E-state index in [1.807, 2.05) is 23.0 Å². The number of ketones is 1. The molecule has 166 valence electrons. The van der Waals surface area contributed by atoms with Crippen molar-refractivity contribution in [3.8, 4) is 0 Å². The molecule has 4 aliphatic carbocycles. The maximum atomic E-state index is 13.6. The molecule has 0 saturated heterocycles. The first-order chi connectivity index (χ1) is 15.0. The van der Waals surface area contributed by atoms with E-state index in [2.05, 4.69) is 23.9 Å². The first-order valence-electron chi connectivity index (χ1n) is 12.8. The standard InChI is InChI=1S/C27H37N3O/c1-17-5-7-20-18(14-17)6-8-22-21(20)11-12-27(2)23(22)9-10-24(27)25(31)16-30-26-19(15-29-30)4-3-13-28-26/h3-4,13,15,17-18,20-24H,5-12,14,16H2,1-2H3/t17-,18+,20-,21?,22+,23?,24+,27-/m0/s1. The maximum Gasteiger partial charge on any atom is 0.158 e. The van der Waals surface area contributed by atoms with Crippen LogP contribution in [0.5, 0.6) is 0 Å². The number of Topliss-reactive ketones (excluding diaryl/α,β-unsaturated/α-hetero) is 1. The van der Waals surface area contributed by atoms with Crippen LogP contribution in [-0.2, 0) is 11.3 Å². The highest BCUT2D eigenvalue weighted by atomic mass is 16.1. The first kappa shape index (κ1) is 19.9. The second-order valence-corrected chi connectivity index (χ2v) is 11.7. The predicted molar refractivity (Wildman–Crippen MR) is 122 cm³/mol. The molecule has 6 rings (SSSR count). The highest BCUT2D eigenvalue weighted by Crippen LogP contribution is 2.64. The number of carbonyl (C=O) groups is 1. The third kappa shape index (κ3) is 3.11. The maximum absolute atomic E-state index is 13.6. The molecular formula is C27H37N3O. The van der Waals surface area contributed by atoms with E-state index in [-0.39, 0.29) is 11.3 Å². The number of rotatable bonds is 3. The van der Waals surface area contributed by atoms with E-state index in [1.165, 1.54) is 51.4 Å². The average Bonchev–Trinajstić information content (AvgIpc) is 3.34. The summed E-state index contributed by atoms with van der Waals surface area (Å²) in [5.74, 6) is 6.08. The topological polar surface area (TPSA) is 47.8 Å². The molecule has 2 unspecified atom stereocenters. The summed E-state index contributed by atoms with van der Waals surface area (Å²) < 4.78 is 1.83. The molecule has 2 heterocycles. The zero-order valence-electron chi connectivity index (χ0n) is 19.2. The van der Waals surface area contributed by atoms with Crippen molar-refractivity contribution in [3.63, 3.8) is 0 Å². The summed E-state index contributed by atoms with van der Waals surface area (Å²) in [7, 11) is 0. The van der Waals surface area contributed by atoms with Crippen LogP contribution in [0, 0.1) is 46.8 Å². The summed E-state index contributed by atoms with van der Waals surface area (Å²) in [6.07, 6.45) is 15.9. The minimum absolute atomic E-state index is 0.198.